The highest BCUT2D eigenvalue weighted by atomic mass is 32.1. The molecule has 0 aromatic carbocycles. The Morgan fingerprint density at radius 3 is 2.11 bits per heavy atom. The van der Waals surface area contributed by atoms with Crippen LogP contribution in [0.3, 0.4) is 0 Å². The minimum atomic E-state index is -1.88. The third-order valence-corrected chi connectivity index (χ3v) is 23.5. The van der Waals surface area contributed by atoms with Crippen molar-refractivity contribution < 1.29 is 14.0 Å². The standard InChI is InChI=1S/C40H71NO3SSi2/c1-28(16-14-18-36(42)37-41-29(2)27-45-37)34-21-22-35-31(17-15-23-40(34,35)9)20-19-30-24-32(43-46(10,11)38(3,4)5)26-33(25-30)44-47(12,13)39(6,7)8/h19-20,27-28,32-36,42H,14-18,21-26H2,1-13H3/b31-20+/t28-,32-,33-,34-,35+,36?,40-/m1/s1. The molecule has 4 nitrogen and oxygen atoms in total. The topological polar surface area (TPSA) is 51.6 Å². The Morgan fingerprint density at radius 2 is 1.57 bits per heavy atom. The number of aliphatic hydroxyl groups excluding tert-OH is 1. The number of allylic oxidation sites excluding steroid dienone is 3. The summed E-state index contributed by atoms with van der Waals surface area (Å²) in [6.07, 6.45) is 17.9. The van der Waals surface area contributed by atoms with Gasteiger partial charge in [0.15, 0.2) is 16.6 Å². The summed E-state index contributed by atoms with van der Waals surface area (Å²) in [5, 5.41) is 14.0. The molecular weight excluding hydrogens is 631 g/mol. The molecule has 0 bridgehead atoms. The van der Waals surface area contributed by atoms with Crippen LogP contribution < -0.4 is 0 Å². The molecule has 47 heavy (non-hydrogen) atoms. The average molecular weight is 702 g/mol. The molecule has 1 N–H and O–H groups in total. The van der Waals surface area contributed by atoms with Crippen LogP contribution in [0.15, 0.2) is 28.7 Å². The van der Waals surface area contributed by atoms with Gasteiger partial charge in [0.1, 0.15) is 11.1 Å². The SMILES string of the molecule is Cc1csc(C(O)CCC[C@@H](C)[C@H]2CC[C@H]3/C(=C/C=C4C[C@@H](O[Si](C)(C)C(C)(C)C)C[C@H](O[Si](C)(C)C(C)(C)C)C4)CCC[C@]23C)n1. The fourth-order valence-electron chi connectivity index (χ4n) is 8.55. The highest BCUT2D eigenvalue weighted by Gasteiger charge is 2.50. The van der Waals surface area contributed by atoms with Crippen LogP contribution >= 0.6 is 11.3 Å². The quantitative estimate of drug-likeness (QED) is 0.233. The number of rotatable bonds is 11. The van der Waals surface area contributed by atoms with E-state index >= 15 is 0 Å². The minimum Gasteiger partial charge on any atom is -0.414 e. The van der Waals surface area contributed by atoms with Gasteiger partial charge in [-0.05, 0) is 124 Å². The van der Waals surface area contributed by atoms with Crippen LogP contribution in [0.2, 0.25) is 36.3 Å². The maximum Gasteiger partial charge on any atom is 0.192 e. The van der Waals surface area contributed by atoms with Crippen molar-refractivity contribution in [1.29, 1.82) is 0 Å². The Bertz CT molecular complexity index is 1220. The van der Waals surface area contributed by atoms with E-state index in [4.69, 9.17) is 8.85 Å². The lowest BCUT2D eigenvalue weighted by atomic mass is 9.60. The Hall–Kier alpha value is -0.576. The number of fused-ring (bicyclic) bond motifs is 1. The summed E-state index contributed by atoms with van der Waals surface area (Å²) in [5.41, 5.74) is 4.63. The molecule has 4 rings (SSSR count). The van der Waals surface area contributed by atoms with Gasteiger partial charge in [-0.15, -0.1) is 11.3 Å². The summed E-state index contributed by atoms with van der Waals surface area (Å²) >= 11 is 1.59. The number of aryl methyl sites for hydroxylation is 1. The Labute approximate surface area is 295 Å². The first-order chi connectivity index (χ1) is 21.6. The molecule has 3 saturated carbocycles. The molecule has 0 aliphatic heterocycles. The summed E-state index contributed by atoms with van der Waals surface area (Å²) in [5.74, 6) is 2.15. The smallest absolute Gasteiger partial charge is 0.192 e. The van der Waals surface area contributed by atoms with Crippen LogP contribution in [0.25, 0.3) is 0 Å². The molecule has 0 spiro atoms. The van der Waals surface area contributed by atoms with E-state index in [1.165, 1.54) is 44.1 Å². The van der Waals surface area contributed by atoms with E-state index in [0.717, 1.165) is 48.7 Å². The maximum atomic E-state index is 10.7. The fourth-order valence-corrected chi connectivity index (χ4v) is 12.1. The highest BCUT2D eigenvalue weighted by Crippen LogP contribution is 2.60. The molecule has 3 aliphatic carbocycles. The van der Waals surface area contributed by atoms with Crippen LogP contribution in [-0.2, 0) is 8.85 Å². The second-order valence-corrected chi connectivity index (χ2v) is 29.5. The van der Waals surface area contributed by atoms with Crippen LogP contribution in [0.4, 0.5) is 0 Å². The van der Waals surface area contributed by atoms with Crippen LogP contribution in [-0.4, -0.2) is 38.9 Å². The van der Waals surface area contributed by atoms with Gasteiger partial charge in [0.2, 0.25) is 0 Å². The zero-order valence-electron chi connectivity index (χ0n) is 32.6. The minimum absolute atomic E-state index is 0.203. The van der Waals surface area contributed by atoms with Gasteiger partial charge in [0, 0.05) is 11.1 Å². The van der Waals surface area contributed by atoms with Crippen molar-refractivity contribution in [1.82, 2.24) is 4.98 Å². The number of hydrogen-bond acceptors (Lipinski definition) is 5. The van der Waals surface area contributed by atoms with Crippen molar-refractivity contribution in [3.05, 3.63) is 39.4 Å². The van der Waals surface area contributed by atoms with E-state index in [-0.39, 0.29) is 22.3 Å². The molecule has 268 valence electrons. The van der Waals surface area contributed by atoms with Gasteiger partial charge in [0.05, 0.1) is 12.2 Å². The van der Waals surface area contributed by atoms with E-state index in [9.17, 15) is 5.11 Å². The summed E-state index contributed by atoms with van der Waals surface area (Å²) in [7, 11) is -3.77. The molecule has 1 aromatic heterocycles. The van der Waals surface area contributed by atoms with Gasteiger partial charge in [-0.1, -0.05) is 91.5 Å². The van der Waals surface area contributed by atoms with Crippen molar-refractivity contribution >= 4 is 28.0 Å². The number of thiazole rings is 1. The zero-order chi connectivity index (χ0) is 35.0. The summed E-state index contributed by atoms with van der Waals surface area (Å²) < 4.78 is 14.2. The zero-order valence-corrected chi connectivity index (χ0v) is 35.4. The molecule has 0 radical (unpaired) electrons. The third kappa shape index (κ3) is 9.41. The lowest BCUT2D eigenvalue weighted by molar-refractivity contribution is 0.0725. The normalized spacial score (nSPS) is 30.0. The van der Waals surface area contributed by atoms with Gasteiger partial charge in [-0.2, -0.15) is 0 Å². The van der Waals surface area contributed by atoms with Crippen molar-refractivity contribution in [2.24, 2.45) is 23.2 Å². The Balaban J connectivity index is 1.46. The number of nitrogens with zero attached hydrogens (tertiary/aromatic N) is 1. The van der Waals surface area contributed by atoms with Gasteiger partial charge in [0.25, 0.3) is 0 Å². The van der Waals surface area contributed by atoms with E-state index in [1.54, 1.807) is 16.9 Å². The fraction of sp³-hybridized carbons (Fsp3) is 0.825. The molecule has 1 aromatic rings. The number of aromatic nitrogens is 1. The third-order valence-electron chi connectivity index (χ3n) is 13.4. The van der Waals surface area contributed by atoms with Crippen molar-refractivity contribution in [3.8, 4) is 0 Å². The molecule has 0 amide bonds. The molecule has 0 saturated heterocycles. The van der Waals surface area contributed by atoms with E-state index in [1.807, 2.05) is 12.3 Å². The van der Waals surface area contributed by atoms with Crippen LogP contribution in [0, 0.1) is 30.1 Å². The van der Waals surface area contributed by atoms with Gasteiger partial charge < -0.3 is 14.0 Å². The predicted octanol–water partition coefficient (Wildman–Crippen LogP) is 12.3. The lowest BCUT2D eigenvalue weighted by Crippen LogP contribution is -2.48. The largest absolute Gasteiger partial charge is 0.414 e. The molecule has 3 fully saturated rings. The monoisotopic (exact) mass is 701 g/mol. The molecule has 7 heteroatoms. The van der Waals surface area contributed by atoms with Crippen molar-refractivity contribution in [3.63, 3.8) is 0 Å². The van der Waals surface area contributed by atoms with Gasteiger partial charge in [-0.3, -0.25) is 0 Å². The van der Waals surface area contributed by atoms with Gasteiger partial charge in [-0.25, -0.2) is 4.98 Å². The van der Waals surface area contributed by atoms with Crippen molar-refractivity contribution in [2.75, 3.05) is 0 Å². The lowest BCUT2D eigenvalue weighted by Gasteiger charge is -2.45. The highest BCUT2D eigenvalue weighted by molar-refractivity contribution is 7.09. The van der Waals surface area contributed by atoms with E-state index in [2.05, 4.69) is 98.7 Å². The first-order valence-corrected chi connectivity index (χ1v) is 25.7. The van der Waals surface area contributed by atoms with Crippen LogP contribution in [0.5, 0.6) is 0 Å². The molecular formula is C40H71NO3SSi2. The van der Waals surface area contributed by atoms with E-state index < -0.39 is 22.7 Å². The number of hydrogen-bond donors (Lipinski definition) is 1. The van der Waals surface area contributed by atoms with E-state index in [0.29, 0.717) is 17.3 Å². The molecule has 3 aliphatic rings. The van der Waals surface area contributed by atoms with Gasteiger partial charge >= 0.3 is 0 Å². The first-order valence-electron chi connectivity index (χ1n) is 19.0. The molecule has 1 unspecified atom stereocenters. The second-order valence-electron chi connectivity index (χ2n) is 19.1. The molecule has 1 heterocycles. The van der Waals surface area contributed by atoms with Crippen LogP contribution in [0.1, 0.15) is 143 Å². The summed E-state index contributed by atoms with van der Waals surface area (Å²) in [6, 6.07) is 0. The maximum absolute atomic E-state index is 10.7. The van der Waals surface area contributed by atoms with Crippen molar-refractivity contribution in [2.45, 2.75) is 188 Å². The average Bonchev–Trinajstić information content (AvgIpc) is 3.53. The summed E-state index contributed by atoms with van der Waals surface area (Å²) in [4.78, 5) is 4.52. The Morgan fingerprint density at radius 1 is 0.979 bits per heavy atom. The predicted molar refractivity (Wildman–Crippen MR) is 207 cm³/mol. The molecule has 7 atom stereocenters. The first kappa shape index (κ1) is 39.2. The summed E-state index contributed by atoms with van der Waals surface area (Å²) in [6.45, 7) is 30.9. The second kappa shape index (κ2) is 15.0. The Kier molecular flexibility index (Phi) is 12.5. The number of aliphatic hydroxyl groups is 1.